The van der Waals surface area contributed by atoms with E-state index in [4.69, 9.17) is 0 Å². The number of aryl methyl sites for hydroxylation is 1. The van der Waals surface area contributed by atoms with Crippen LogP contribution in [0.25, 0.3) is 5.69 Å². The minimum Gasteiger partial charge on any atom is -0.476 e. The number of nitrogens with zero attached hydrogens (tertiary/aromatic N) is 3. The van der Waals surface area contributed by atoms with E-state index in [9.17, 15) is 9.90 Å². The van der Waals surface area contributed by atoms with Gasteiger partial charge in [-0.25, -0.2) is 9.48 Å². The van der Waals surface area contributed by atoms with Crippen molar-refractivity contribution in [1.82, 2.24) is 15.0 Å². The van der Waals surface area contributed by atoms with E-state index in [1.54, 1.807) is 4.68 Å². The monoisotopic (exact) mass is 401 g/mol. The summed E-state index contributed by atoms with van der Waals surface area (Å²) in [6.07, 6.45) is 1.41. The number of carboxylic acid groups (broad SMARTS) is 1. The van der Waals surface area contributed by atoms with Gasteiger partial charge in [0, 0.05) is 8.95 Å². The van der Waals surface area contributed by atoms with Gasteiger partial charge in [0.2, 0.25) is 0 Å². The van der Waals surface area contributed by atoms with E-state index in [1.165, 1.54) is 0 Å². The fourth-order valence-corrected chi connectivity index (χ4v) is 3.75. The maximum atomic E-state index is 11.2. The Bertz CT molecular complexity index is 645. The zero-order valence-electron chi connectivity index (χ0n) is 11.0. The molecule has 106 valence electrons. The molecule has 0 spiro atoms. The van der Waals surface area contributed by atoms with Crippen LogP contribution in [0.3, 0.4) is 0 Å². The van der Waals surface area contributed by atoms with Crippen LogP contribution in [0, 0.1) is 6.92 Å². The smallest absolute Gasteiger partial charge is 0.358 e. The Morgan fingerprint density at radius 2 is 1.95 bits per heavy atom. The highest BCUT2D eigenvalue weighted by atomic mass is 79.9. The third kappa shape index (κ3) is 2.78. The molecule has 0 radical (unpaired) electrons. The fourth-order valence-electron chi connectivity index (χ4n) is 2.00. The quantitative estimate of drug-likeness (QED) is 0.845. The van der Waals surface area contributed by atoms with E-state index >= 15 is 0 Å². The van der Waals surface area contributed by atoms with Gasteiger partial charge in [-0.05, 0) is 62.9 Å². The van der Waals surface area contributed by atoms with Crippen LogP contribution < -0.4 is 0 Å². The molecule has 1 aromatic heterocycles. The lowest BCUT2D eigenvalue weighted by Gasteiger charge is -2.11. The minimum atomic E-state index is -1.06. The first kappa shape index (κ1) is 15.2. The van der Waals surface area contributed by atoms with Crippen molar-refractivity contribution in [3.63, 3.8) is 0 Å². The Morgan fingerprint density at radius 1 is 1.35 bits per heavy atom. The van der Waals surface area contributed by atoms with Gasteiger partial charge in [-0.3, -0.25) is 0 Å². The molecular weight excluding hydrogens is 390 g/mol. The number of halogens is 2. The number of aromatic nitrogens is 3. The summed E-state index contributed by atoms with van der Waals surface area (Å²) in [5, 5.41) is 17.0. The summed E-state index contributed by atoms with van der Waals surface area (Å²) in [7, 11) is 0. The Balaban J connectivity index is 2.67. The van der Waals surface area contributed by atoms with Crippen molar-refractivity contribution in [2.45, 2.75) is 26.7 Å². The van der Waals surface area contributed by atoms with Crippen molar-refractivity contribution in [1.29, 1.82) is 0 Å². The van der Waals surface area contributed by atoms with Gasteiger partial charge < -0.3 is 5.11 Å². The molecule has 0 unspecified atom stereocenters. The summed E-state index contributed by atoms with van der Waals surface area (Å²) in [6, 6.07) is 3.91. The standard InChI is InChI=1S/C13H13Br2N3O2/c1-3-4-10-11(13(19)20)16-17-18(10)12-8(14)5-7(2)6-9(12)15/h5-6H,3-4H2,1-2H3,(H,19,20). The molecule has 0 atom stereocenters. The predicted octanol–water partition coefficient (Wildman–Crippen LogP) is 3.75. The van der Waals surface area contributed by atoms with E-state index in [1.807, 2.05) is 26.0 Å². The van der Waals surface area contributed by atoms with Gasteiger partial charge in [0.15, 0.2) is 5.69 Å². The number of benzene rings is 1. The van der Waals surface area contributed by atoms with Crippen LogP contribution in [0.4, 0.5) is 0 Å². The molecule has 1 heterocycles. The van der Waals surface area contributed by atoms with Gasteiger partial charge in [0.05, 0.1) is 11.4 Å². The molecule has 20 heavy (non-hydrogen) atoms. The average Bonchev–Trinajstić information content (AvgIpc) is 2.72. The SMILES string of the molecule is CCCc1c(C(=O)O)nnn1-c1c(Br)cc(C)cc1Br. The van der Waals surface area contributed by atoms with Crippen molar-refractivity contribution in [3.05, 3.63) is 38.0 Å². The molecule has 1 N–H and O–H groups in total. The van der Waals surface area contributed by atoms with Crippen LogP contribution in [-0.4, -0.2) is 26.1 Å². The summed E-state index contributed by atoms with van der Waals surface area (Å²) < 4.78 is 3.26. The van der Waals surface area contributed by atoms with Gasteiger partial charge in [0.25, 0.3) is 0 Å². The highest BCUT2D eigenvalue weighted by Gasteiger charge is 2.21. The Labute approximate surface area is 133 Å². The number of rotatable bonds is 4. The maximum absolute atomic E-state index is 11.2. The number of aromatic carboxylic acids is 1. The molecule has 5 nitrogen and oxygen atoms in total. The van der Waals surface area contributed by atoms with Gasteiger partial charge in [-0.2, -0.15) is 0 Å². The number of carboxylic acids is 1. The number of hydrogen-bond donors (Lipinski definition) is 1. The van der Waals surface area contributed by atoms with Crippen molar-refractivity contribution < 1.29 is 9.90 Å². The molecule has 0 amide bonds. The summed E-state index contributed by atoms with van der Waals surface area (Å²) in [6.45, 7) is 3.97. The maximum Gasteiger partial charge on any atom is 0.358 e. The second kappa shape index (κ2) is 6.05. The van der Waals surface area contributed by atoms with E-state index in [2.05, 4.69) is 42.2 Å². The lowest BCUT2D eigenvalue weighted by Crippen LogP contribution is -2.08. The molecule has 2 aromatic rings. The second-order valence-electron chi connectivity index (χ2n) is 4.43. The second-order valence-corrected chi connectivity index (χ2v) is 6.14. The number of carbonyl (C=O) groups is 1. The Kier molecular flexibility index (Phi) is 4.59. The number of hydrogen-bond acceptors (Lipinski definition) is 3. The van der Waals surface area contributed by atoms with Gasteiger partial charge in [-0.15, -0.1) is 5.10 Å². The Hall–Kier alpha value is -1.21. The van der Waals surface area contributed by atoms with E-state index in [0.29, 0.717) is 12.1 Å². The first-order valence-corrected chi connectivity index (χ1v) is 7.68. The fraction of sp³-hybridized carbons (Fsp3) is 0.308. The van der Waals surface area contributed by atoms with Crippen LogP contribution in [0.2, 0.25) is 0 Å². The molecule has 0 saturated heterocycles. The third-order valence-electron chi connectivity index (χ3n) is 2.83. The molecule has 0 aliphatic heterocycles. The third-order valence-corrected chi connectivity index (χ3v) is 4.03. The van der Waals surface area contributed by atoms with Crippen LogP contribution in [0.5, 0.6) is 0 Å². The van der Waals surface area contributed by atoms with Crippen LogP contribution in [0.1, 0.15) is 35.1 Å². The Morgan fingerprint density at radius 3 is 2.45 bits per heavy atom. The van der Waals surface area contributed by atoms with Crippen LogP contribution in [0.15, 0.2) is 21.1 Å². The molecule has 0 bridgehead atoms. The minimum absolute atomic E-state index is 0.00576. The molecule has 0 fully saturated rings. The molecular formula is C13H13Br2N3O2. The highest BCUT2D eigenvalue weighted by molar-refractivity contribution is 9.11. The van der Waals surface area contributed by atoms with Crippen molar-refractivity contribution in [3.8, 4) is 5.69 Å². The van der Waals surface area contributed by atoms with Crippen molar-refractivity contribution in [2.75, 3.05) is 0 Å². The first-order chi connectivity index (χ1) is 9.45. The molecule has 2 rings (SSSR count). The summed E-state index contributed by atoms with van der Waals surface area (Å²) in [4.78, 5) is 11.2. The highest BCUT2D eigenvalue weighted by Crippen LogP contribution is 2.31. The summed E-state index contributed by atoms with van der Waals surface area (Å²) in [5.74, 6) is -1.06. The zero-order valence-corrected chi connectivity index (χ0v) is 14.2. The van der Waals surface area contributed by atoms with E-state index < -0.39 is 5.97 Å². The summed E-state index contributed by atoms with van der Waals surface area (Å²) in [5.41, 5.74) is 2.46. The van der Waals surface area contributed by atoms with Crippen molar-refractivity contribution >= 4 is 37.8 Å². The predicted molar refractivity (Wildman–Crippen MR) is 82.5 cm³/mol. The normalized spacial score (nSPS) is 10.8. The molecule has 1 aromatic carbocycles. The molecule has 7 heteroatoms. The van der Waals surface area contributed by atoms with Crippen LogP contribution >= 0.6 is 31.9 Å². The molecule has 0 aliphatic carbocycles. The average molecular weight is 403 g/mol. The molecule has 0 saturated carbocycles. The van der Waals surface area contributed by atoms with Gasteiger partial charge in [-0.1, -0.05) is 18.6 Å². The van der Waals surface area contributed by atoms with E-state index in [0.717, 1.165) is 26.6 Å². The van der Waals surface area contributed by atoms with Crippen LogP contribution in [-0.2, 0) is 6.42 Å². The topological polar surface area (TPSA) is 68.0 Å². The largest absolute Gasteiger partial charge is 0.476 e. The van der Waals surface area contributed by atoms with Gasteiger partial charge in [0.1, 0.15) is 0 Å². The first-order valence-electron chi connectivity index (χ1n) is 6.09. The lowest BCUT2D eigenvalue weighted by molar-refractivity contribution is 0.0689. The zero-order chi connectivity index (χ0) is 14.9. The molecule has 0 aliphatic rings. The summed E-state index contributed by atoms with van der Waals surface area (Å²) >= 11 is 7.00. The van der Waals surface area contributed by atoms with Crippen molar-refractivity contribution in [2.24, 2.45) is 0 Å². The van der Waals surface area contributed by atoms with Gasteiger partial charge >= 0.3 is 5.97 Å². The lowest BCUT2D eigenvalue weighted by atomic mass is 10.2. The van der Waals surface area contributed by atoms with E-state index in [-0.39, 0.29) is 5.69 Å².